The van der Waals surface area contributed by atoms with Gasteiger partial charge in [0.2, 0.25) is 0 Å². The van der Waals surface area contributed by atoms with Gasteiger partial charge in [0.05, 0.1) is 11.3 Å². The first-order valence-corrected chi connectivity index (χ1v) is 8.16. The van der Waals surface area contributed by atoms with Crippen molar-refractivity contribution in [2.24, 2.45) is 0 Å². The fraction of sp³-hybridized carbons (Fsp3) is 0.294. The van der Waals surface area contributed by atoms with Crippen molar-refractivity contribution in [3.05, 3.63) is 62.2 Å². The number of aromatic amines is 2. The van der Waals surface area contributed by atoms with E-state index in [0.29, 0.717) is 11.3 Å². The Morgan fingerprint density at radius 3 is 2.81 bits per heavy atom. The zero-order valence-corrected chi connectivity index (χ0v) is 13.4. The normalized spacial score (nSPS) is 21.1. The fourth-order valence-corrected chi connectivity index (χ4v) is 3.58. The molecule has 2 aliphatic carbocycles. The number of fused-ring (bicyclic) bond motifs is 1. The smallest absolute Gasteiger partial charge is 0.313 e. The van der Waals surface area contributed by atoms with Crippen LogP contribution >= 0.6 is 0 Å². The highest BCUT2D eigenvalue weighted by molar-refractivity contribution is 5.65. The molecule has 0 aromatic carbocycles. The van der Waals surface area contributed by atoms with Crippen molar-refractivity contribution < 1.29 is 8.78 Å². The Hall–Kier alpha value is -3.10. The molecular formula is C17H13F2N5O2. The predicted octanol–water partition coefficient (Wildman–Crippen LogP) is 1.99. The Balaban J connectivity index is 1.62. The number of aromatic nitrogens is 5. The van der Waals surface area contributed by atoms with E-state index in [9.17, 15) is 18.4 Å². The van der Waals surface area contributed by atoms with Crippen molar-refractivity contribution in [2.45, 2.75) is 31.1 Å². The van der Waals surface area contributed by atoms with E-state index in [1.807, 2.05) is 0 Å². The molecule has 2 aliphatic rings. The van der Waals surface area contributed by atoms with Crippen molar-refractivity contribution in [3.63, 3.8) is 0 Å². The van der Waals surface area contributed by atoms with E-state index in [4.69, 9.17) is 0 Å². The molecule has 0 bridgehead atoms. The largest absolute Gasteiger partial charge is 0.325 e. The van der Waals surface area contributed by atoms with E-state index in [0.717, 1.165) is 23.1 Å². The summed E-state index contributed by atoms with van der Waals surface area (Å²) in [5.41, 5.74) is 2.83. The maximum Gasteiger partial charge on any atom is 0.325 e. The minimum atomic E-state index is -2.58. The second-order valence-corrected chi connectivity index (χ2v) is 6.76. The van der Waals surface area contributed by atoms with Crippen LogP contribution in [0.15, 0.2) is 45.4 Å². The SMILES string of the molecule is O=c1[nH]cc(-c2cc([C@@H]3CC3=C3CC(F)(F)C3)c3nccn3n2)c(=O)[nH]1. The molecule has 1 atom stereocenters. The second kappa shape index (κ2) is 4.96. The Labute approximate surface area is 144 Å². The molecule has 0 spiro atoms. The van der Waals surface area contributed by atoms with Gasteiger partial charge in [0, 0.05) is 42.9 Å². The number of H-pyrrole nitrogens is 2. The van der Waals surface area contributed by atoms with Gasteiger partial charge >= 0.3 is 5.69 Å². The molecule has 26 heavy (non-hydrogen) atoms. The minimum Gasteiger partial charge on any atom is -0.313 e. The average molecular weight is 357 g/mol. The Kier molecular flexibility index (Phi) is 2.90. The van der Waals surface area contributed by atoms with Gasteiger partial charge in [0.25, 0.3) is 11.5 Å². The summed E-state index contributed by atoms with van der Waals surface area (Å²) in [6, 6.07) is 1.75. The molecule has 132 valence electrons. The number of rotatable bonds is 2. The Morgan fingerprint density at radius 2 is 2.08 bits per heavy atom. The lowest BCUT2D eigenvalue weighted by molar-refractivity contribution is -0.0369. The van der Waals surface area contributed by atoms with Gasteiger partial charge in [-0.15, -0.1) is 0 Å². The van der Waals surface area contributed by atoms with Crippen LogP contribution in [0.4, 0.5) is 8.78 Å². The topological polar surface area (TPSA) is 95.9 Å². The number of allylic oxidation sites excluding steroid dienone is 2. The Bertz CT molecular complexity index is 1190. The van der Waals surface area contributed by atoms with Crippen molar-refractivity contribution in [2.75, 3.05) is 0 Å². The van der Waals surface area contributed by atoms with Crippen molar-refractivity contribution in [3.8, 4) is 11.3 Å². The molecule has 2 N–H and O–H groups in total. The van der Waals surface area contributed by atoms with Gasteiger partial charge in [-0.05, 0) is 12.5 Å². The monoisotopic (exact) mass is 357 g/mol. The number of halogens is 2. The van der Waals surface area contributed by atoms with Gasteiger partial charge in [0.15, 0.2) is 5.65 Å². The van der Waals surface area contributed by atoms with Crippen LogP contribution in [0.5, 0.6) is 0 Å². The molecule has 0 amide bonds. The van der Waals surface area contributed by atoms with Gasteiger partial charge < -0.3 is 4.98 Å². The van der Waals surface area contributed by atoms with Crippen LogP contribution in [0.2, 0.25) is 0 Å². The molecule has 2 saturated carbocycles. The molecule has 0 radical (unpaired) electrons. The molecule has 3 heterocycles. The lowest BCUT2D eigenvalue weighted by atomic mass is 9.86. The summed E-state index contributed by atoms with van der Waals surface area (Å²) in [5.74, 6) is -2.56. The zero-order chi connectivity index (χ0) is 18.1. The molecule has 3 aromatic heterocycles. The van der Waals surface area contributed by atoms with Crippen LogP contribution in [0.25, 0.3) is 16.9 Å². The molecule has 0 aliphatic heterocycles. The highest BCUT2D eigenvalue weighted by atomic mass is 19.3. The summed E-state index contributed by atoms with van der Waals surface area (Å²) in [7, 11) is 0. The molecule has 3 aromatic rings. The highest BCUT2D eigenvalue weighted by Crippen LogP contribution is 2.56. The Morgan fingerprint density at radius 1 is 1.27 bits per heavy atom. The van der Waals surface area contributed by atoms with E-state index in [-0.39, 0.29) is 24.3 Å². The fourth-order valence-electron chi connectivity index (χ4n) is 3.58. The van der Waals surface area contributed by atoms with Crippen LogP contribution in [-0.4, -0.2) is 30.5 Å². The molecule has 9 heteroatoms. The number of nitrogens with zero attached hydrogens (tertiary/aromatic N) is 3. The summed E-state index contributed by atoms with van der Waals surface area (Å²) < 4.78 is 27.8. The van der Waals surface area contributed by atoms with Crippen molar-refractivity contribution in [1.82, 2.24) is 24.6 Å². The summed E-state index contributed by atoms with van der Waals surface area (Å²) in [6.45, 7) is 0. The maximum atomic E-state index is 13.1. The first kappa shape index (κ1) is 15.2. The number of hydrogen-bond donors (Lipinski definition) is 2. The van der Waals surface area contributed by atoms with Gasteiger partial charge in [-0.25, -0.2) is 23.1 Å². The quantitative estimate of drug-likeness (QED) is 0.686. The first-order valence-electron chi connectivity index (χ1n) is 8.16. The molecule has 2 fully saturated rings. The van der Waals surface area contributed by atoms with Gasteiger partial charge in [-0.2, -0.15) is 5.10 Å². The average Bonchev–Trinajstić information content (AvgIpc) is 3.20. The van der Waals surface area contributed by atoms with Crippen LogP contribution in [0.3, 0.4) is 0 Å². The number of alkyl halides is 2. The lowest BCUT2D eigenvalue weighted by Crippen LogP contribution is -2.28. The number of hydrogen-bond acceptors (Lipinski definition) is 4. The highest BCUT2D eigenvalue weighted by Gasteiger charge is 2.47. The van der Waals surface area contributed by atoms with E-state index >= 15 is 0 Å². The molecule has 5 rings (SSSR count). The molecule has 0 saturated heterocycles. The lowest BCUT2D eigenvalue weighted by Gasteiger charge is -2.28. The van der Waals surface area contributed by atoms with Crippen LogP contribution in [0.1, 0.15) is 30.7 Å². The van der Waals surface area contributed by atoms with Gasteiger partial charge in [0.1, 0.15) is 0 Å². The zero-order valence-electron chi connectivity index (χ0n) is 13.4. The maximum absolute atomic E-state index is 13.1. The third-order valence-corrected chi connectivity index (χ3v) is 4.94. The van der Waals surface area contributed by atoms with Crippen molar-refractivity contribution in [1.29, 1.82) is 0 Å². The van der Waals surface area contributed by atoms with E-state index in [2.05, 4.69) is 20.1 Å². The summed E-state index contributed by atoms with van der Waals surface area (Å²) in [4.78, 5) is 32.2. The van der Waals surface area contributed by atoms with E-state index in [1.54, 1.807) is 23.0 Å². The summed E-state index contributed by atoms with van der Waals surface area (Å²) in [6.07, 6.45) is 4.96. The summed E-state index contributed by atoms with van der Waals surface area (Å²) >= 11 is 0. The van der Waals surface area contributed by atoms with Crippen LogP contribution in [-0.2, 0) is 0 Å². The second-order valence-electron chi connectivity index (χ2n) is 6.76. The van der Waals surface area contributed by atoms with E-state index < -0.39 is 17.2 Å². The standard InChI is InChI=1S/C17H13F2N5O2/c18-17(19)5-8(6-17)9-3-10(9)11-4-13(23-24-2-1-20-14(11)24)12-7-21-16(26)22-15(12)25/h1-2,4,7,10H,3,5-6H2,(H2,21,22,25,26)/t10-/m1/s1. The number of nitrogens with one attached hydrogen (secondary N) is 2. The predicted molar refractivity (Wildman–Crippen MR) is 88.2 cm³/mol. The van der Waals surface area contributed by atoms with E-state index in [1.165, 1.54) is 6.20 Å². The van der Waals surface area contributed by atoms with Crippen molar-refractivity contribution >= 4 is 5.65 Å². The molecule has 7 nitrogen and oxygen atoms in total. The molecular weight excluding hydrogens is 344 g/mol. The third kappa shape index (κ3) is 2.31. The van der Waals surface area contributed by atoms with Gasteiger partial charge in [-0.1, -0.05) is 11.1 Å². The minimum absolute atomic E-state index is 0.0228. The number of imidazole rings is 1. The van der Waals surface area contributed by atoms with Gasteiger partial charge in [-0.3, -0.25) is 9.78 Å². The first-order chi connectivity index (χ1) is 12.4. The summed E-state index contributed by atoms with van der Waals surface area (Å²) in [5, 5.41) is 4.37. The van der Waals surface area contributed by atoms with Crippen LogP contribution in [0, 0.1) is 0 Å². The van der Waals surface area contributed by atoms with Crippen LogP contribution < -0.4 is 11.2 Å². The third-order valence-electron chi connectivity index (χ3n) is 4.94. The molecule has 0 unspecified atom stereocenters.